The first kappa shape index (κ1) is 11.6. The molecule has 0 aliphatic heterocycles. The quantitative estimate of drug-likeness (QED) is 0.871. The maximum Gasteiger partial charge on any atom is 0.139 e. The standard InChI is InChI=1S/C13H9BrN2O/c14-12-5-13(8-16-7-12)17-9-11-3-1-10(6-15)2-4-11/h1-5,7-8H,9H2. The average molecular weight is 289 g/mol. The lowest BCUT2D eigenvalue weighted by atomic mass is 10.2. The lowest BCUT2D eigenvalue weighted by Crippen LogP contribution is -1.95. The van der Waals surface area contributed by atoms with Crippen LogP contribution < -0.4 is 4.74 Å². The SMILES string of the molecule is N#Cc1ccc(COc2cncc(Br)c2)cc1. The summed E-state index contributed by atoms with van der Waals surface area (Å²) in [5.41, 5.74) is 1.67. The second-order valence-electron chi connectivity index (χ2n) is 3.44. The van der Waals surface area contributed by atoms with Crippen LogP contribution in [0.2, 0.25) is 0 Å². The van der Waals surface area contributed by atoms with Gasteiger partial charge in [0.2, 0.25) is 0 Å². The first-order chi connectivity index (χ1) is 8.28. The molecule has 0 N–H and O–H groups in total. The van der Waals surface area contributed by atoms with Crippen LogP contribution in [0.4, 0.5) is 0 Å². The van der Waals surface area contributed by atoms with Gasteiger partial charge in [-0.1, -0.05) is 12.1 Å². The summed E-state index contributed by atoms with van der Waals surface area (Å²) in [6.45, 7) is 0.462. The van der Waals surface area contributed by atoms with E-state index >= 15 is 0 Å². The molecule has 0 aliphatic rings. The van der Waals surface area contributed by atoms with E-state index in [1.165, 1.54) is 0 Å². The van der Waals surface area contributed by atoms with Crippen LogP contribution in [0.5, 0.6) is 5.75 Å². The zero-order valence-electron chi connectivity index (χ0n) is 8.93. The molecule has 0 spiro atoms. The molecule has 0 aliphatic carbocycles. The lowest BCUT2D eigenvalue weighted by Gasteiger charge is -2.05. The normalized spacial score (nSPS) is 9.65. The summed E-state index contributed by atoms with van der Waals surface area (Å²) < 4.78 is 6.46. The van der Waals surface area contributed by atoms with Crippen LogP contribution in [0.25, 0.3) is 0 Å². The Morgan fingerprint density at radius 2 is 2.00 bits per heavy atom. The van der Waals surface area contributed by atoms with E-state index in [0.29, 0.717) is 17.9 Å². The average Bonchev–Trinajstić information content (AvgIpc) is 2.37. The molecule has 84 valence electrons. The summed E-state index contributed by atoms with van der Waals surface area (Å²) >= 11 is 3.33. The van der Waals surface area contributed by atoms with Crippen molar-refractivity contribution in [2.45, 2.75) is 6.61 Å². The fourth-order valence-electron chi connectivity index (χ4n) is 1.31. The van der Waals surface area contributed by atoms with Gasteiger partial charge in [0.05, 0.1) is 17.8 Å². The fraction of sp³-hybridized carbons (Fsp3) is 0.0769. The van der Waals surface area contributed by atoms with Gasteiger partial charge in [0, 0.05) is 10.7 Å². The van der Waals surface area contributed by atoms with Gasteiger partial charge in [0.1, 0.15) is 12.4 Å². The van der Waals surface area contributed by atoms with E-state index in [4.69, 9.17) is 10.00 Å². The zero-order valence-corrected chi connectivity index (χ0v) is 10.5. The summed E-state index contributed by atoms with van der Waals surface area (Å²) in [5.74, 6) is 0.712. The summed E-state index contributed by atoms with van der Waals surface area (Å²) in [6, 6.07) is 11.2. The topological polar surface area (TPSA) is 45.9 Å². The Morgan fingerprint density at radius 1 is 1.24 bits per heavy atom. The van der Waals surface area contributed by atoms with Gasteiger partial charge >= 0.3 is 0 Å². The summed E-state index contributed by atoms with van der Waals surface area (Å²) in [4.78, 5) is 4.01. The molecule has 2 rings (SSSR count). The molecule has 4 heteroatoms. The van der Waals surface area contributed by atoms with Gasteiger partial charge in [-0.3, -0.25) is 4.98 Å². The predicted molar refractivity (Wildman–Crippen MR) is 67.4 cm³/mol. The maximum atomic E-state index is 8.67. The van der Waals surface area contributed by atoms with Gasteiger partial charge in [0.15, 0.2) is 0 Å². The number of aromatic nitrogens is 1. The van der Waals surface area contributed by atoms with Crippen molar-refractivity contribution in [3.63, 3.8) is 0 Å². The molecule has 0 atom stereocenters. The number of nitrogens with zero attached hydrogens (tertiary/aromatic N) is 2. The Bertz CT molecular complexity index is 546. The van der Waals surface area contributed by atoms with E-state index in [-0.39, 0.29) is 0 Å². The molecule has 2 aromatic rings. The minimum absolute atomic E-state index is 0.462. The van der Waals surface area contributed by atoms with E-state index in [2.05, 4.69) is 27.0 Å². The first-order valence-electron chi connectivity index (χ1n) is 5.00. The van der Waals surface area contributed by atoms with Crippen molar-refractivity contribution in [3.05, 3.63) is 58.3 Å². The largest absolute Gasteiger partial charge is 0.487 e. The molecule has 0 unspecified atom stereocenters. The third kappa shape index (κ3) is 3.30. The Morgan fingerprint density at radius 3 is 2.65 bits per heavy atom. The van der Waals surface area contributed by atoms with E-state index in [1.807, 2.05) is 18.2 Å². The molecule has 0 saturated carbocycles. The molecule has 17 heavy (non-hydrogen) atoms. The number of hydrogen-bond acceptors (Lipinski definition) is 3. The highest BCUT2D eigenvalue weighted by molar-refractivity contribution is 9.10. The zero-order chi connectivity index (χ0) is 12.1. The van der Waals surface area contributed by atoms with Crippen LogP contribution in [-0.2, 0) is 6.61 Å². The second kappa shape index (κ2) is 5.46. The summed E-state index contributed by atoms with van der Waals surface area (Å²) in [7, 11) is 0. The van der Waals surface area contributed by atoms with Crippen LogP contribution >= 0.6 is 15.9 Å². The van der Waals surface area contributed by atoms with Crippen molar-refractivity contribution in [2.75, 3.05) is 0 Å². The van der Waals surface area contributed by atoms with E-state index in [0.717, 1.165) is 10.0 Å². The number of benzene rings is 1. The molecule has 0 saturated heterocycles. The van der Waals surface area contributed by atoms with Gasteiger partial charge in [-0.05, 0) is 39.7 Å². The van der Waals surface area contributed by atoms with Crippen molar-refractivity contribution >= 4 is 15.9 Å². The van der Waals surface area contributed by atoms with Gasteiger partial charge in [-0.2, -0.15) is 5.26 Å². The molecule has 1 aromatic carbocycles. The molecule has 0 bridgehead atoms. The molecule has 3 nitrogen and oxygen atoms in total. The maximum absolute atomic E-state index is 8.67. The highest BCUT2D eigenvalue weighted by Crippen LogP contribution is 2.17. The van der Waals surface area contributed by atoms with Crippen molar-refractivity contribution in [1.82, 2.24) is 4.98 Å². The minimum Gasteiger partial charge on any atom is -0.487 e. The van der Waals surface area contributed by atoms with Gasteiger partial charge < -0.3 is 4.74 Å². The molecule has 0 amide bonds. The minimum atomic E-state index is 0.462. The third-order valence-electron chi connectivity index (χ3n) is 2.17. The van der Waals surface area contributed by atoms with Crippen molar-refractivity contribution in [1.29, 1.82) is 5.26 Å². The molecular weight excluding hydrogens is 280 g/mol. The van der Waals surface area contributed by atoms with E-state index in [9.17, 15) is 0 Å². The van der Waals surface area contributed by atoms with Crippen LogP contribution in [0.1, 0.15) is 11.1 Å². The van der Waals surface area contributed by atoms with Gasteiger partial charge in [0.25, 0.3) is 0 Å². The number of rotatable bonds is 3. The molecular formula is C13H9BrN2O. The van der Waals surface area contributed by atoms with Gasteiger partial charge in [-0.25, -0.2) is 0 Å². The number of ether oxygens (including phenoxy) is 1. The Balaban J connectivity index is 2.00. The first-order valence-corrected chi connectivity index (χ1v) is 5.79. The number of hydrogen-bond donors (Lipinski definition) is 0. The van der Waals surface area contributed by atoms with Crippen LogP contribution in [0.3, 0.4) is 0 Å². The number of nitriles is 1. The van der Waals surface area contributed by atoms with Crippen LogP contribution in [0.15, 0.2) is 47.2 Å². The van der Waals surface area contributed by atoms with Crippen molar-refractivity contribution < 1.29 is 4.74 Å². The smallest absolute Gasteiger partial charge is 0.139 e. The Labute approximate surface area is 108 Å². The van der Waals surface area contributed by atoms with Crippen LogP contribution in [0, 0.1) is 11.3 Å². The van der Waals surface area contributed by atoms with E-state index < -0.39 is 0 Å². The molecule has 0 radical (unpaired) electrons. The lowest BCUT2D eigenvalue weighted by molar-refractivity contribution is 0.305. The summed E-state index contributed by atoms with van der Waals surface area (Å²) in [5, 5.41) is 8.67. The highest BCUT2D eigenvalue weighted by Gasteiger charge is 1.98. The highest BCUT2D eigenvalue weighted by atomic mass is 79.9. The van der Waals surface area contributed by atoms with Gasteiger partial charge in [-0.15, -0.1) is 0 Å². The molecule has 1 aromatic heterocycles. The fourth-order valence-corrected chi connectivity index (χ4v) is 1.66. The molecule has 0 fully saturated rings. The number of pyridine rings is 1. The Hall–Kier alpha value is -1.86. The second-order valence-corrected chi connectivity index (χ2v) is 4.35. The van der Waals surface area contributed by atoms with Crippen LogP contribution in [-0.4, -0.2) is 4.98 Å². The third-order valence-corrected chi connectivity index (χ3v) is 2.60. The molecule has 1 heterocycles. The van der Waals surface area contributed by atoms with Crippen molar-refractivity contribution in [3.8, 4) is 11.8 Å². The van der Waals surface area contributed by atoms with E-state index in [1.54, 1.807) is 24.5 Å². The summed E-state index contributed by atoms with van der Waals surface area (Å²) in [6.07, 6.45) is 3.36. The predicted octanol–water partition coefficient (Wildman–Crippen LogP) is 3.29. The monoisotopic (exact) mass is 288 g/mol. The van der Waals surface area contributed by atoms with Crippen molar-refractivity contribution in [2.24, 2.45) is 0 Å². The Kier molecular flexibility index (Phi) is 3.73. The number of halogens is 1.